The van der Waals surface area contributed by atoms with Gasteiger partial charge in [0.2, 0.25) is 0 Å². The van der Waals surface area contributed by atoms with Crippen LogP contribution in [0, 0.1) is 6.92 Å². The number of carboxylic acid groups (broad SMARTS) is 1. The van der Waals surface area contributed by atoms with Gasteiger partial charge in [0, 0.05) is 5.56 Å². The van der Waals surface area contributed by atoms with E-state index in [-0.39, 0.29) is 0 Å². The van der Waals surface area contributed by atoms with Gasteiger partial charge in [-0.15, -0.1) is 0 Å². The average molecular weight is 300 g/mol. The molecule has 0 fully saturated rings. The molecular weight excluding hydrogens is 280 g/mol. The van der Waals surface area contributed by atoms with Crippen LogP contribution in [0.25, 0.3) is 0 Å². The van der Waals surface area contributed by atoms with Crippen LogP contribution in [0.5, 0.6) is 11.5 Å². The van der Waals surface area contributed by atoms with E-state index in [9.17, 15) is 9.90 Å². The first kappa shape index (κ1) is 15.9. The van der Waals surface area contributed by atoms with E-state index in [0.29, 0.717) is 24.3 Å². The van der Waals surface area contributed by atoms with Gasteiger partial charge in [-0.3, -0.25) is 4.79 Å². The van der Waals surface area contributed by atoms with Gasteiger partial charge in [0.05, 0.1) is 19.6 Å². The second-order valence-electron chi connectivity index (χ2n) is 5.04. The summed E-state index contributed by atoms with van der Waals surface area (Å²) >= 11 is 0. The lowest BCUT2D eigenvalue weighted by Crippen LogP contribution is -2.16. The summed E-state index contributed by atoms with van der Waals surface area (Å²) in [4.78, 5) is 11.6. The summed E-state index contributed by atoms with van der Waals surface area (Å²) in [5, 5.41) is 9.49. The number of ether oxygens (including phenoxy) is 2. The van der Waals surface area contributed by atoms with E-state index >= 15 is 0 Å². The average Bonchev–Trinajstić information content (AvgIpc) is 2.53. The van der Waals surface area contributed by atoms with E-state index in [1.165, 1.54) is 0 Å². The van der Waals surface area contributed by atoms with Crippen LogP contribution in [0.1, 0.15) is 23.5 Å². The first-order valence-corrected chi connectivity index (χ1v) is 7.17. The molecule has 0 bridgehead atoms. The highest BCUT2D eigenvalue weighted by Gasteiger charge is 2.23. The van der Waals surface area contributed by atoms with Gasteiger partial charge in [-0.1, -0.05) is 36.4 Å². The highest BCUT2D eigenvalue weighted by atomic mass is 16.5. The summed E-state index contributed by atoms with van der Waals surface area (Å²) in [6, 6.07) is 14.9. The molecule has 1 unspecified atom stereocenters. The van der Waals surface area contributed by atoms with Crippen LogP contribution in [-0.4, -0.2) is 24.8 Å². The molecule has 0 spiro atoms. The minimum Gasteiger partial charge on any atom is -0.496 e. The van der Waals surface area contributed by atoms with Crippen LogP contribution in [0.2, 0.25) is 0 Å². The normalized spacial score (nSPS) is 11.7. The number of rotatable bonds is 7. The van der Waals surface area contributed by atoms with Crippen molar-refractivity contribution in [2.24, 2.45) is 0 Å². The van der Waals surface area contributed by atoms with E-state index in [1.54, 1.807) is 19.2 Å². The lowest BCUT2D eigenvalue weighted by Gasteiger charge is -2.17. The van der Waals surface area contributed by atoms with Crippen molar-refractivity contribution >= 4 is 5.97 Å². The summed E-state index contributed by atoms with van der Waals surface area (Å²) < 4.78 is 11.0. The molecule has 116 valence electrons. The van der Waals surface area contributed by atoms with E-state index in [2.05, 4.69) is 0 Å². The van der Waals surface area contributed by atoms with Gasteiger partial charge in [0.25, 0.3) is 0 Å². The Labute approximate surface area is 130 Å². The van der Waals surface area contributed by atoms with Crippen LogP contribution in [0.3, 0.4) is 0 Å². The maximum Gasteiger partial charge on any atom is 0.311 e. The maximum absolute atomic E-state index is 11.6. The number of hydrogen-bond donors (Lipinski definition) is 1. The Morgan fingerprint density at radius 3 is 2.36 bits per heavy atom. The van der Waals surface area contributed by atoms with Crippen molar-refractivity contribution in [3.63, 3.8) is 0 Å². The molecule has 0 heterocycles. The molecule has 22 heavy (non-hydrogen) atoms. The van der Waals surface area contributed by atoms with Crippen LogP contribution < -0.4 is 9.47 Å². The number of carbonyl (C=O) groups is 1. The topological polar surface area (TPSA) is 55.8 Å². The number of aliphatic carboxylic acids is 1. The molecule has 0 radical (unpaired) electrons. The SMILES string of the molecule is COc1ccccc1C(CCOc1ccccc1C)C(=O)O. The molecule has 2 rings (SSSR count). The van der Waals surface area contributed by atoms with Gasteiger partial charge in [-0.05, 0) is 31.0 Å². The molecule has 0 aliphatic heterocycles. The summed E-state index contributed by atoms with van der Waals surface area (Å²) in [5.41, 5.74) is 1.71. The van der Waals surface area contributed by atoms with Gasteiger partial charge in [0.15, 0.2) is 0 Å². The number of aryl methyl sites for hydroxylation is 1. The van der Waals surface area contributed by atoms with Crippen molar-refractivity contribution < 1.29 is 19.4 Å². The molecular formula is C18H20O4. The second-order valence-corrected chi connectivity index (χ2v) is 5.04. The molecule has 0 amide bonds. The van der Waals surface area contributed by atoms with Crippen molar-refractivity contribution in [3.8, 4) is 11.5 Å². The Morgan fingerprint density at radius 2 is 1.73 bits per heavy atom. The van der Waals surface area contributed by atoms with Gasteiger partial charge >= 0.3 is 5.97 Å². The van der Waals surface area contributed by atoms with Crippen LogP contribution in [0.4, 0.5) is 0 Å². The van der Waals surface area contributed by atoms with E-state index in [0.717, 1.165) is 11.3 Å². The zero-order chi connectivity index (χ0) is 15.9. The maximum atomic E-state index is 11.6. The molecule has 2 aromatic carbocycles. The molecule has 0 aliphatic rings. The fraction of sp³-hybridized carbons (Fsp3) is 0.278. The minimum atomic E-state index is -0.877. The number of para-hydroxylation sites is 2. The van der Waals surface area contributed by atoms with E-state index in [1.807, 2.05) is 43.3 Å². The predicted octanol–water partition coefficient (Wildman–Crippen LogP) is 3.64. The highest BCUT2D eigenvalue weighted by Crippen LogP contribution is 2.29. The Balaban J connectivity index is 2.07. The zero-order valence-electron chi connectivity index (χ0n) is 12.8. The fourth-order valence-electron chi connectivity index (χ4n) is 2.37. The third kappa shape index (κ3) is 3.79. The smallest absolute Gasteiger partial charge is 0.311 e. The molecule has 0 aliphatic carbocycles. The Bertz CT molecular complexity index is 636. The molecule has 1 N–H and O–H groups in total. The summed E-state index contributed by atoms with van der Waals surface area (Å²) in [5.74, 6) is -0.157. The molecule has 4 heteroatoms. The third-order valence-electron chi connectivity index (χ3n) is 3.57. The molecule has 1 atom stereocenters. The monoisotopic (exact) mass is 300 g/mol. The van der Waals surface area contributed by atoms with E-state index in [4.69, 9.17) is 9.47 Å². The second kappa shape index (κ2) is 7.50. The lowest BCUT2D eigenvalue weighted by atomic mass is 9.95. The lowest BCUT2D eigenvalue weighted by molar-refractivity contribution is -0.139. The number of benzene rings is 2. The number of methoxy groups -OCH3 is 1. The van der Waals surface area contributed by atoms with Crippen LogP contribution >= 0.6 is 0 Å². The first-order chi connectivity index (χ1) is 10.6. The van der Waals surface area contributed by atoms with Gasteiger partial charge in [0.1, 0.15) is 11.5 Å². The van der Waals surface area contributed by atoms with Crippen molar-refractivity contribution in [3.05, 3.63) is 59.7 Å². The van der Waals surface area contributed by atoms with Gasteiger partial charge in [-0.2, -0.15) is 0 Å². The van der Waals surface area contributed by atoms with Gasteiger partial charge in [-0.25, -0.2) is 0 Å². The largest absolute Gasteiger partial charge is 0.496 e. The Morgan fingerprint density at radius 1 is 1.09 bits per heavy atom. The minimum absolute atomic E-state index is 0.333. The van der Waals surface area contributed by atoms with Crippen molar-refractivity contribution in [2.45, 2.75) is 19.3 Å². The molecule has 0 saturated heterocycles. The predicted molar refractivity (Wildman–Crippen MR) is 84.7 cm³/mol. The van der Waals surface area contributed by atoms with Crippen molar-refractivity contribution in [2.75, 3.05) is 13.7 Å². The van der Waals surface area contributed by atoms with Gasteiger partial charge < -0.3 is 14.6 Å². The molecule has 2 aromatic rings. The Kier molecular flexibility index (Phi) is 5.42. The van der Waals surface area contributed by atoms with Crippen LogP contribution in [-0.2, 0) is 4.79 Å². The van der Waals surface area contributed by atoms with Crippen molar-refractivity contribution in [1.29, 1.82) is 0 Å². The molecule has 0 saturated carbocycles. The van der Waals surface area contributed by atoms with Crippen molar-refractivity contribution in [1.82, 2.24) is 0 Å². The molecule has 4 nitrogen and oxygen atoms in total. The number of hydrogen-bond acceptors (Lipinski definition) is 3. The fourth-order valence-corrected chi connectivity index (χ4v) is 2.37. The summed E-state index contributed by atoms with van der Waals surface area (Å²) in [7, 11) is 1.54. The zero-order valence-corrected chi connectivity index (χ0v) is 12.8. The van der Waals surface area contributed by atoms with E-state index < -0.39 is 11.9 Å². The third-order valence-corrected chi connectivity index (χ3v) is 3.57. The summed E-state index contributed by atoms with van der Waals surface area (Å²) in [6.07, 6.45) is 0.379. The molecule has 0 aromatic heterocycles. The number of carboxylic acids is 1. The Hall–Kier alpha value is -2.49. The highest BCUT2D eigenvalue weighted by molar-refractivity contribution is 5.77. The quantitative estimate of drug-likeness (QED) is 0.848. The first-order valence-electron chi connectivity index (χ1n) is 7.17. The summed E-state index contributed by atoms with van der Waals surface area (Å²) in [6.45, 7) is 2.30. The standard InChI is InChI=1S/C18H20O4/c1-13-7-3-5-9-16(13)22-12-11-15(18(19)20)14-8-4-6-10-17(14)21-2/h3-10,15H,11-12H2,1-2H3,(H,19,20). The van der Waals surface area contributed by atoms with Crippen LogP contribution in [0.15, 0.2) is 48.5 Å².